The minimum atomic E-state index is -4.89. The quantitative estimate of drug-likeness (QED) is 0.671. The largest absolute Gasteiger partial charge is 0.424 e. The van der Waals surface area contributed by atoms with Gasteiger partial charge in [-0.1, -0.05) is 0 Å². The van der Waals surface area contributed by atoms with Gasteiger partial charge in [0.05, 0.1) is 41.6 Å². The maximum atomic E-state index is 13.3. The third-order valence-electron chi connectivity index (χ3n) is 5.59. The number of carbonyl (C=O) groups excluding carboxylic acids is 1. The van der Waals surface area contributed by atoms with Gasteiger partial charge in [0.1, 0.15) is 5.69 Å². The van der Waals surface area contributed by atoms with Crippen LogP contribution in [0, 0.1) is 11.3 Å². The molecule has 2 atom stereocenters. The molecule has 8 nitrogen and oxygen atoms in total. The third-order valence-corrected chi connectivity index (χ3v) is 5.59. The van der Waals surface area contributed by atoms with Crippen molar-refractivity contribution >= 4 is 16.8 Å². The summed E-state index contributed by atoms with van der Waals surface area (Å²) in [6, 6.07) is 6.33. The van der Waals surface area contributed by atoms with Crippen molar-refractivity contribution in [1.29, 1.82) is 5.26 Å². The number of hydrogen-bond acceptors (Lipinski definition) is 5. The monoisotopic (exact) mass is 432 g/mol. The maximum absolute atomic E-state index is 13.3. The predicted octanol–water partition coefficient (Wildman–Crippen LogP) is 2.63. The Morgan fingerprint density at radius 1 is 1.35 bits per heavy atom. The predicted molar refractivity (Wildman–Crippen MR) is 103 cm³/mol. The molecule has 3 heterocycles. The number of halogens is 3. The van der Waals surface area contributed by atoms with E-state index in [1.165, 1.54) is 20.3 Å². The van der Waals surface area contributed by atoms with E-state index in [4.69, 9.17) is 5.26 Å². The van der Waals surface area contributed by atoms with E-state index in [1.807, 2.05) is 6.07 Å². The number of imidazole rings is 1. The van der Waals surface area contributed by atoms with E-state index in [1.54, 1.807) is 32.2 Å². The van der Waals surface area contributed by atoms with Crippen LogP contribution in [0.1, 0.15) is 47.5 Å². The summed E-state index contributed by atoms with van der Waals surface area (Å²) in [5, 5.41) is 24.0. The van der Waals surface area contributed by atoms with Crippen LogP contribution < -0.4 is 0 Å². The molecule has 0 radical (unpaired) electrons. The van der Waals surface area contributed by atoms with E-state index in [9.17, 15) is 23.1 Å². The Morgan fingerprint density at radius 2 is 2.06 bits per heavy atom. The lowest BCUT2D eigenvalue weighted by Crippen LogP contribution is -2.46. The van der Waals surface area contributed by atoms with Crippen LogP contribution in [0.15, 0.2) is 24.4 Å². The highest BCUT2D eigenvalue weighted by atomic mass is 19.4. The first-order chi connectivity index (χ1) is 14.5. The first kappa shape index (κ1) is 20.9. The fourth-order valence-corrected chi connectivity index (χ4v) is 3.98. The molecule has 1 aromatic carbocycles. The lowest BCUT2D eigenvalue weighted by molar-refractivity contribution is -0.263. The average molecular weight is 432 g/mol. The first-order valence-corrected chi connectivity index (χ1v) is 9.47. The van der Waals surface area contributed by atoms with Crippen LogP contribution in [-0.2, 0) is 19.2 Å². The van der Waals surface area contributed by atoms with Crippen LogP contribution in [0.2, 0.25) is 0 Å². The molecule has 162 valence electrons. The van der Waals surface area contributed by atoms with Crippen LogP contribution >= 0.6 is 0 Å². The Kier molecular flexibility index (Phi) is 4.59. The zero-order valence-corrected chi connectivity index (χ0v) is 17.0. The van der Waals surface area contributed by atoms with Gasteiger partial charge in [-0.25, -0.2) is 4.98 Å². The van der Waals surface area contributed by atoms with Gasteiger partial charge in [0.25, 0.3) is 5.91 Å². The van der Waals surface area contributed by atoms with Crippen molar-refractivity contribution in [2.45, 2.75) is 38.2 Å². The number of aryl methyl sites for hydroxylation is 1. The summed E-state index contributed by atoms with van der Waals surface area (Å²) in [6.45, 7) is 2.50. The molecule has 4 rings (SSSR count). The lowest BCUT2D eigenvalue weighted by Gasteiger charge is -2.36. The smallest absolute Gasteiger partial charge is 0.374 e. The summed E-state index contributed by atoms with van der Waals surface area (Å²) in [4.78, 5) is 18.7. The Bertz CT molecular complexity index is 1230. The molecule has 2 aromatic heterocycles. The van der Waals surface area contributed by atoms with Gasteiger partial charge < -0.3 is 14.6 Å². The summed E-state index contributed by atoms with van der Waals surface area (Å²) in [5.41, 5.74) is -1.47. The van der Waals surface area contributed by atoms with Crippen molar-refractivity contribution in [3.05, 3.63) is 47.2 Å². The second kappa shape index (κ2) is 6.81. The number of rotatable bonds is 2. The summed E-state index contributed by atoms with van der Waals surface area (Å²) in [6.07, 6.45) is -3.64. The zero-order valence-electron chi connectivity index (χ0n) is 17.0. The fraction of sp³-hybridized carbons (Fsp3) is 0.400. The second-order valence-corrected chi connectivity index (χ2v) is 7.86. The molecular formula is C20H19F3N6O2. The number of nitriles is 1. The number of benzene rings is 1. The molecule has 11 heteroatoms. The highest BCUT2D eigenvalue weighted by Crippen LogP contribution is 2.40. The molecule has 0 saturated heterocycles. The number of aromatic nitrogens is 4. The molecule has 0 bridgehead atoms. The number of carbonyl (C=O) groups is 1. The first-order valence-electron chi connectivity index (χ1n) is 9.47. The van der Waals surface area contributed by atoms with Gasteiger partial charge in [0.2, 0.25) is 5.60 Å². The van der Waals surface area contributed by atoms with E-state index < -0.39 is 23.6 Å². The van der Waals surface area contributed by atoms with Crippen LogP contribution in [0.5, 0.6) is 0 Å². The van der Waals surface area contributed by atoms with Crippen LogP contribution in [-0.4, -0.2) is 48.0 Å². The third kappa shape index (κ3) is 3.14. The Labute approximate surface area is 175 Å². The minimum absolute atomic E-state index is 0.0348. The lowest BCUT2D eigenvalue weighted by atomic mass is 10.0. The SMILES string of the molecule is C[C@H]1CN(C(=O)c2c3ccc(C#N)cc3nn2C)Cc2cnc(C(C)(O)C(F)(F)F)n21. The fourth-order valence-electron chi connectivity index (χ4n) is 3.98. The van der Waals surface area contributed by atoms with Crippen LogP contribution in [0.3, 0.4) is 0 Å². The average Bonchev–Trinajstić information content (AvgIpc) is 3.26. The second-order valence-electron chi connectivity index (χ2n) is 7.86. The summed E-state index contributed by atoms with van der Waals surface area (Å²) >= 11 is 0. The molecule has 1 aliphatic heterocycles. The Morgan fingerprint density at radius 3 is 2.71 bits per heavy atom. The van der Waals surface area contributed by atoms with Gasteiger partial charge in [-0.05, 0) is 32.0 Å². The van der Waals surface area contributed by atoms with Gasteiger partial charge >= 0.3 is 6.18 Å². The van der Waals surface area contributed by atoms with Gasteiger partial charge in [-0.15, -0.1) is 0 Å². The normalized spacial score (nSPS) is 18.5. The van der Waals surface area contributed by atoms with Crippen molar-refractivity contribution in [3.8, 4) is 6.07 Å². The standard InChI is InChI=1S/C20H19F3N6O2/c1-11-9-28(10-13-8-25-18(29(11)13)19(2,31)20(21,22)23)17(30)16-14-5-4-12(7-24)6-15(14)26-27(16)3/h4-6,8,11,31H,9-10H2,1-3H3/t11-,19?/m0/s1. The number of hydrogen-bond donors (Lipinski definition) is 1. The molecule has 0 aliphatic carbocycles. The number of nitrogens with zero attached hydrogens (tertiary/aromatic N) is 6. The molecule has 0 fully saturated rings. The molecule has 1 aliphatic rings. The maximum Gasteiger partial charge on any atom is 0.424 e. The molecule has 0 spiro atoms. The molecule has 3 aromatic rings. The molecule has 1 unspecified atom stereocenters. The molecule has 1 amide bonds. The summed E-state index contributed by atoms with van der Waals surface area (Å²) in [5.74, 6) is -0.831. The number of alkyl halides is 3. The van der Waals surface area contributed by atoms with E-state index >= 15 is 0 Å². The van der Waals surface area contributed by atoms with Crippen molar-refractivity contribution < 1.29 is 23.1 Å². The number of amides is 1. The van der Waals surface area contributed by atoms with E-state index in [0.29, 0.717) is 34.8 Å². The molecule has 1 N–H and O–H groups in total. The summed E-state index contributed by atoms with van der Waals surface area (Å²) in [7, 11) is 1.62. The minimum Gasteiger partial charge on any atom is -0.374 e. The number of fused-ring (bicyclic) bond motifs is 2. The van der Waals surface area contributed by atoms with Crippen LogP contribution in [0.25, 0.3) is 10.9 Å². The van der Waals surface area contributed by atoms with Gasteiger partial charge in [-0.3, -0.25) is 9.48 Å². The molecule has 31 heavy (non-hydrogen) atoms. The van der Waals surface area contributed by atoms with Gasteiger partial charge in [-0.2, -0.15) is 23.5 Å². The van der Waals surface area contributed by atoms with Gasteiger partial charge in [0, 0.05) is 19.0 Å². The van der Waals surface area contributed by atoms with Crippen molar-refractivity contribution in [2.75, 3.05) is 6.54 Å². The highest BCUT2D eigenvalue weighted by molar-refractivity contribution is 6.05. The molecule has 0 saturated carbocycles. The van der Waals surface area contributed by atoms with E-state index in [2.05, 4.69) is 10.1 Å². The van der Waals surface area contributed by atoms with E-state index in [0.717, 1.165) is 0 Å². The van der Waals surface area contributed by atoms with Crippen molar-refractivity contribution in [1.82, 2.24) is 24.2 Å². The zero-order chi connectivity index (χ0) is 22.7. The number of aliphatic hydroxyl groups is 1. The highest BCUT2D eigenvalue weighted by Gasteiger charge is 2.55. The van der Waals surface area contributed by atoms with E-state index in [-0.39, 0.29) is 19.0 Å². The summed E-state index contributed by atoms with van der Waals surface area (Å²) < 4.78 is 42.8. The van der Waals surface area contributed by atoms with Gasteiger partial charge in [0.15, 0.2) is 5.82 Å². The van der Waals surface area contributed by atoms with Crippen molar-refractivity contribution in [3.63, 3.8) is 0 Å². The van der Waals surface area contributed by atoms with Crippen LogP contribution in [0.4, 0.5) is 13.2 Å². The van der Waals surface area contributed by atoms with Crippen molar-refractivity contribution in [2.24, 2.45) is 7.05 Å². The Balaban J connectivity index is 1.70. The topological polar surface area (TPSA) is 100.0 Å². The Hall–Kier alpha value is -3.39. The molecular weight excluding hydrogens is 413 g/mol.